The van der Waals surface area contributed by atoms with Crippen LogP contribution in [0.5, 0.6) is 0 Å². The van der Waals surface area contributed by atoms with Gasteiger partial charge in [-0.2, -0.15) is 0 Å². The smallest absolute Gasteiger partial charge is 0.408 e. The maximum atomic E-state index is 12.0. The van der Waals surface area contributed by atoms with Gasteiger partial charge in [-0.1, -0.05) is 72.3 Å². The molecular formula is C19H21NO2. The van der Waals surface area contributed by atoms with E-state index in [2.05, 4.69) is 5.32 Å². The molecule has 0 saturated carbocycles. The van der Waals surface area contributed by atoms with E-state index in [1.54, 1.807) is 0 Å². The molecule has 0 fully saturated rings. The summed E-state index contributed by atoms with van der Waals surface area (Å²) < 4.78 is 5.28. The molecule has 0 heterocycles. The van der Waals surface area contributed by atoms with Gasteiger partial charge >= 0.3 is 6.09 Å². The summed E-state index contributed by atoms with van der Waals surface area (Å²) in [6.07, 6.45) is 1.59. The van der Waals surface area contributed by atoms with Crippen LogP contribution in [0, 0.1) is 0 Å². The highest BCUT2D eigenvalue weighted by molar-refractivity contribution is 5.68. The first-order valence-corrected chi connectivity index (χ1v) is 7.32. The number of hydrogen-bond acceptors (Lipinski definition) is 2. The van der Waals surface area contributed by atoms with Gasteiger partial charge < -0.3 is 10.1 Å². The van der Waals surface area contributed by atoms with Crippen LogP contribution in [0.3, 0.4) is 0 Å². The van der Waals surface area contributed by atoms with Crippen LogP contribution in [0.4, 0.5) is 4.79 Å². The SMILES string of the molecule is CC(C)=CC(NC(=O)OCc1ccccc1)c1ccccc1. The molecule has 2 aromatic rings. The molecule has 2 aromatic carbocycles. The summed E-state index contributed by atoms with van der Waals surface area (Å²) in [5.41, 5.74) is 3.13. The highest BCUT2D eigenvalue weighted by Gasteiger charge is 2.12. The molecule has 1 amide bonds. The molecule has 114 valence electrons. The zero-order valence-corrected chi connectivity index (χ0v) is 13.0. The second-order valence-electron chi connectivity index (χ2n) is 5.34. The van der Waals surface area contributed by atoms with Crippen molar-refractivity contribution in [1.29, 1.82) is 0 Å². The topological polar surface area (TPSA) is 38.3 Å². The highest BCUT2D eigenvalue weighted by Crippen LogP contribution is 2.16. The van der Waals surface area contributed by atoms with E-state index in [0.29, 0.717) is 0 Å². The first-order valence-electron chi connectivity index (χ1n) is 7.32. The van der Waals surface area contributed by atoms with Gasteiger partial charge in [0.05, 0.1) is 6.04 Å². The predicted octanol–water partition coefficient (Wildman–Crippen LogP) is 4.62. The average Bonchev–Trinajstić information content (AvgIpc) is 2.54. The van der Waals surface area contributed by atoms with E-state index < -0.39 is 6.09 Å². The lowest BCUT2D eigenvalue weighted by Gasteiger charge is -2.16. The van der Waals surface area contributed by atoms with Crippen molar-refractivity contribution in [3.8, 4) is 0 Å². The van der Waals surface area contributed by atoms with E-state index in [1.165, 1.54) is 0 Å². The van der Waals surface area contributed by atoms with Crippen molar-refractivity contribution >= 4 is 6.09 Å². The minimum atomic E-state index is -0.421. The molecule has 1 atom stereocenters. The number of alkyl carbamates (subject to hydrolysis) is 1. The van der Waals surface area contributed by atoms with Gasteiger partial charge in [-0.3, -0.25) is 0 Å². The Morgan fingerprint density at radius 2 is 1.64 bits per heavy atom. The summed E-state index contributed by atoms with van der Waals surface area (Å²) in [7, 11) is 0. The van der Waals surface area contributed by atoms with Gasteiger partial charge in [-0.15, -0.1) is 0 Å². The number of hydrogen-bond donors (Lipinski definition) is 1. The quantitative estimate of drug-likeness (QED) is 0.817. The van der Waals surface area contributed by atoms with Crippen LogP contribution >= 0.6 is 0 Å². The number of allylic oxidation sites excluding steroid dienone is 1. The fourth-order valence-corrected chi connectivity index (χ4v) is 2.11. The largest absolute Gasteiger partial charge is 0.445 e. The fourth-order valence-electron chi connectivity index (χ4n) is 2.11. The van der Waals surface area contributed by atoms with Crippen LogP contribution in [-0.4, -0.2) is 6.09 Å². The summed E-state index contributed by atoms with van der Waals surface area (Å²) in [5, 5.41) is 2.90. The van der Waals surface area contributed by atoms with E-state index in [0.717, 1.165) is 16.7 Å². The van der Waals surface area contributed by atoms with Gasteiger partial charge in [-0.25, -0.2) is 4.79 Å². The number of rotatable bonds is 5. The molecular weight excluding hydrogens is 274 g/mol. The number of benzene rings is 2. The van der Waals surface area contributed by atoms with Gasteiger partial charge in [0.25, 0.3) is 0 Å². The first-order chi connectivity index (χ1) is 10.6. The molecule has 0 aromatic heterocycles. The Bertz CT molecular complexity index is 616. The molecule has 22 heavy (non-hydrogen) atoms. The molecule has 0 aliphatic heterocycles. The zero-order chi connectivity index (χ0) is 15.8. The minimum absolute atomic E-state index is 0.186. The molecule has 2 rings (SSSR count). The monoisotopic (exact) mass is 295 g/mol. The normalized spacial score (nSPS) is 11.4. The molecule has 0 aliphatic rings. The first kappa shape index (κ1) is 15.8. The fraction of sp³-hybridized carbons (Fsp3) is 0.211. The summed E-state index contributed by atoms with van der Waals surface area (Å²) >= 11 is 0. The lowest BCUT2D eigenvalue weighted by Crippen LogP contribution is -2.28. The lowest BCUT2D eigenvalue weighted by atomic mass is 10.1. The van der Waals surface area contributed by atoms with Crippen LogP contribution in [0.1, 0.15) is 31.0 Å². The molecule has 3 nitrogen and oxygen atoms in total. The Labute approximate surface area is 131 Å². The van der Waals surface area contributed by atoms with Crippen molar-refractivity contribution in [2.45, 2.75) is 26.5 Å². The van der Waals surface area contributed by atoms with Gasteiger partial charge in [-0.05, 0) is 25.0 Å². The van der Waals surface area contributed by atoms with E-state index in [4.69, 9.17) is 4.74 Å². The van der Waals surface area contributed by atoms with Crippen molar-refractivity contribution in [2.75, 3.05) is 0 Å². The zero-order valence-electron chi connectivity index (χ0n) is 13.0. The molecule has 0 spiro atoms. The number of nitrogens with one attached hydrogen (secondary N) is 1. The van der Waals surface area contributed by atoms with Gasteiger partial charge in [0.1, 0.15) is 6.61 Å². The van der Waals surface area contributed by atoms with Crippen molar-refractivity contribution in [2.24, 2.45) is 0 Å². The van der Waals surface area contributed by atoms with Crippen LogP contribution in [0.2, 0.25) is 0 Å². The third kappa shape index (κ3) is 5.09. The Morgan fingerprint density at radius 3 is 2.23 bits per heavy atom. The Morgan fingerprint density at radius 1 is 1.05 bits per heavy atom. The van der Waals surface area contributed by atoms with Crippen LogP contribution in [0.25, 0.3) is 0 Å². The summed E-state index contributed by atoms with van der Waals surface area (Å²) in [6.45, 7) is 4.28. The van der Waals surface area contributed by atoms with Crippen LogP contribution in [-0.2, 0) is 11.3 Å². The van der Waals surface area contributed by atoms with Gasteiger partial charge in [0.2, 0.25) is 0 Å². The number of carbonyl (C=O) groups excluding carboxylic acids is 1. The van der Waals surface area contributed by atoms with Crippen molar-refractivity contribution in [3.05, 3.63) is 83.4 Å². The number of amides is 1. The third-order valence-electron chi connectivity index (χ3n) is 3.14. The molecule has 0 radical (unpaired) electrons. The van der Waals surface area contributed by atoms with E-state index in [1.807, 2.05) is 80.6 Å². The van der Waals surface area contributed by atoms with Crippen molar-refractivity contribution in [1.82, 2.24) is 5.32 Å². The maximum absolute atomic E-state index is 12.0. The van der Waals surface area contributed by atoms with E-state index >= 15 is 0 Å². The molecule has 1 N–H and O–H groups in total. The Kier molecular flexibility index (Phi) is 5.78. The average molecular weight is 295 g/mol. The van der Waals surface area contributed by atoms with Gasteiger partial charge in [0.15, 0.2) is 0 Å². The highest BCUT2D eigenvalue weighted by atomic mass is 16.5. The Hall–Kier alpha value is -2.55. The Balaban J connectivity index is 1.98. The summed E-state index contributed by atoms with van der Waals surface area (Å²) in [4.78, 5) is 12.0. The van der Waals surface area contributed by atoms with Crippen LogP contribution in [0.15, 0.2) is 72.3 Å². The van der Waals surface area contributed by atoms with E-state index in [9.17, 15) is 4.79 Å². The van der Waals surface area contributed by atoms with Gasteiger partial charge in [0, 0.05) is 0 Å². The number of ether oxygens (including phenoxy) is 1. The summed E-state index contributed by atoms with van der Waals surface area (Å²) in [6, 6.07) is 19.3. The maximum Gasteiger partial charge on any atom is 0.408 e. The molecule has 3 heteroatoms. The molecule has 0 saturated heterocycles. The standard InChI is InChI=1S/C19H21NO2/c1-15(2)13-18(17-11-7-4-8-12-17)20-19(21)22-14-16-9-5-3-6-10-16/h3-13,18H,14H2,1-2H3,(H,20,21). The van der Waals surface area contributed by atoms with Crippen LogP contribution < -0.4 is 5.32 Å². The molecule has 1 unspecified atom stereocenters. The summed E-state index contributed by atoms with van der Waals surface area (Å²) in [5.74, 6) is 0. The van der Waals surface area contributed by atoms with Crippen molar-refractivity contribution in [3.63, 3.8) is 0 Å². The number of carbonyl (C=O) groups is 1. The van der Waals surface area contributed by atoms with Crippen molar-refractivity contribution < 1.29 is 9.53 Å². The lowest BCUT2D eigenvalue weighted by molar-refractivity contribution is 0.137. The third-order valence-corrected chi connectivity index (χ3v) is 3.14. The molecule has 0 bridgehead atoms. The van der Waals surface area contributed by atoms with E-state index in [-0.39, 0.29) is 12.6 Å². The predicted molar refractivity (Wildman–Crippen MR) is 88.4 cm³/mol. The molecule has 0 aliphatic carbocycles. The minimum Gasteiger partial charge on any atom is -0.445 e. The second kappa shape index (κ2) is 8.03. The second-order valence-corrected chi connectivity index (χ2v) is 5.34.